The fourth-order valence-corrected chi connectivity index (χ4v) is 2.88. The molecular formula is C16H17BrClN. The molecule has 0 spiro atoms. The molecule has 0 heterocycles. The molecule has 2 rings (SSSR count). The van der Waals surface area contributed by atoms with Gasteiger partial charge in [0.25, 0.3) is 0 Å². The highest BCUT2D eigenvalue weighted by Crippen LogP contribution is 2.31. The number of hydrogen-bond acceptors (Lipinski definition) is 1. The molecule has 0 aliphatic rings. The molecule has 0 amide bonds. The van der Waals surface area contributed by atoms with Gasteiger partial charge in [-0.3, -0.25) is 0 Å². The molecule has 0 aromatic heterocycles. The topological polar surface area (TPSA) is 12.0 Å². The maximum atomic E-state index is 6.11. The van der Waals surface area contributed by atoms with Gasteiger partial charge in [-0.1, -0.05) is 64.8 Å². The van der Waals surface area contributed by atoms with Crippen molar-refractivity contribution < 1.29 is 0 Å². The Morgan fingerprint density at radius 2 is 1.95 bits per heavy atom. The largest absolute Gasteiger partial charge is 0.306 e. The van der Waals surface area contributed by atoms with Crippen LogP contribution in [-0.2, 0) is 0 Å². The second-order valence-electron chi connectivity index (χ2n) is 4.52. The number of rotatable bonds is 4. The molecule has 0 radical (unpaired) electrons. The lowest BCUT2D eigenvalue weighted by atomic mass is 9.97. The van der Waals surface area contributed by atoms with E-state index in [0.29, 0.717) is 0 Å². The molecule has 0 fully saturated rings. The van der Waals surface area contributed by atoms with Crippen LogP contribution in [0.15, 0.2) is 46.9 Å². The number of nitrogens with one attached hydrogen (secondary N) is 1. The number of benzene rings is 2. The SMILES string of the molecule is CCNC(c1cccc(Cl)c1)c1cccc(C)c1Br. The Morgan fingerprint density at radius 3 is 2.63 bits per heavy atom. The molecule has 19 heavy (non-hydrogen) atoms. The van der Waals surface area contributed by atoms with Gasteiger partial charge in [-0.15, -0.1) is 0 Å². The molecule has 2 aromatic rings. The van der Waals surface area contributed by atoms with E-state index in [1.165, 1.54) is 16.7 Å². The Morgan fingerprint density at radius 1 is 1.21 bits per heavy atom. The van der Waals surface area contributed by atoms with Gasteiger partial charge in [0.15, 0.2) is 0 Å². The van der Waals surface area contributed by atoms with E-state index >= 15 is 0 Å². The van der Waals surface area contributed by atoms with Gasteiger partial charge in [0, 0.05) is 9.50 Å². The van der Waals surface area contributed by atoms with Crippen molar-refractivity contribution in [3.05, 3.63) is 68.7 Å². The molecule has 2 aromatic carbocycles. The van der Waals surface area contributed by atoms with Crippen LogP contribution in [0, 0.1) is 6.92 Å². The quantitative estimate of drug-likeness (QED) is 0.817. The summed E-state index contributed by atoms with van der Waals surface area (Å²) in [7, 11) is 0. The maximum absolute atomic E-state index is 6.11. The minimum atomic E-state index is 0.151. The van der Waals surface area contributed by atoms with Gasteiger partial charge in [-0.2, -0.15) is 0 Å². The third-order valence-electron chi connectivity index (χ3n) is 3.12. The summed E-state index contributed by atoms with van der Waals surface area (Å²) in [5.74, 6) is 0. The van der Waals surface area contributed by atoms with E-state index < -0.39 is 0 Å². The third kappa shape index (κ3) is 3.38. The van der Waals surface area contributed by atoms with E-state index in [9.17, 15) is 0 Å². The average Bonchev–Trinajstić information content (AvgIpc) is 2.40. The van der Waals surface area contributed by atoms with E-state index in [0.717, 1.165) is 16.0 Å². The molecule has 1 nitrogen and oxygen atoms in total. The first-order chi connectivity index (χ1) is 9.13. The van der Waals surface area contributed by atoms with Crippen LogP contribution in [0.2, 0.25) is 5.02 Å². The van der Waals surface area contributed by atoms with Crippen LogP contribution in [0.3, 0.4) is 0 Å². The predicted molar refractivity (Wildman–Crippen MR) is 85.9 cm³/mol. The first-order valence-corrected chi connectivity index (χ1v) is 7.54. The monoisotopic (exact) mass is 337 g/mol. The van der Waals surface area contributed by atoms with Gasteiger partial charge in [-0.05, 0) is 42.3 Å². The summed E-state index contributed by atoms with van der Waals surface area (Å²) >= 11 is 9.80. The second-order valence-corrected chi connectivity index (χ2v) is 5.75. The van der Waals surface area contributed by atoms with Crippen molar-refractivity contribution in [3.63, 3.8) is 0 Å². The van der Waals surface area contributed by atoms with Crippen LogP contribution >= 0.6 is 27.5 Å². The van der Waals surface area contributed by atoms with E-state index in [4.69, 9.17) is 11.6 Å². The number of hydrogen-bond donors (Lipinski definition) is 1. The molecule has 100 valence electrons. The molecule has 0 saturated carbocycles. The zero-order valence-corrected chi connectivity index (χ0v) is 13.4. The molecule has 0 aliphatic heterocycles. The maximum Gasteiger partial charge on any atom is 0.0588 e. The highest BCUT2D eigenvalue weighted by Gasteiger charge is 2.16. The first kappa shape index (κ1) is 14.6. The summed E-state index contributed by atoms with van der Waals surface area (Å²) in [4.78, 5) is 0. The third-order valence-corrected chi connectivity index (χ3v) is 4.44. The lowest BCUT2D eigenvalue weighted by Crippen LogP contribution is -2.22. The van der Waals surface area contributed by atoms with Crippen LogP contribution in [-0.4, -0.2) is 6.54 Å². The van der Waals surface area contributed by atoms with Gasteiger partial charge in [0.2, 0.25) is 0 Å². The summed E-state index contributed by atoms with van der Waals surface area (Å²) < 4.78 is 1.15. The summed E-state index contributed by atoms with van der Waals surface area (Å²) in [5.41, 5.74) is 3.66. The Hall–Kier alpha value is -0.830. The van der Waals surface area contributed by atoms with E-state index in [1.54, 1.807) is 0 Å². The lowest BCUT2D eigenvalue weighted by molar-refractivity contribution is 0.628. The van der Waals surface area contributed by atoms with Crippen molar-refractivity contribution >= 4 is 27.5 Å². The molecule has 1 unspecified atom stereocenters. The minimum absolute atomic E-state index is 0.151. The second kappa shape index (κ2) is 6.56. The summed E-state index contributed by atoms with van der Waals surface area (Å²) in [6, 6.07) is 14.5. The van der Waals surface area contributed by atoms with Gasteiger partial charge in [-0.25, -0.2) is 0 Å². The Balaban J connectivity index is 2.48. The minimum Gasteiger partial charge on any atom is -0.306 e. The smallest absolute Gasteiger partial charge is 0.0588 e. The van der Waals surface area contributed by atoms with Crippen molar-refractivity contribution in [2.45, 2.75) is 19.9 Å². The van der Waals surface area contributed by atoms with E-state index in [1.807, 2.05) is 18.2 Å². The van der Waals surface area contributed by atoms with Crippen LogP contribution in [0.25, 0.3) is 0 Å². The van der Waals surface area contributed by atoms with E-state index in [-0.39, 0.29) is 6.04 Å². The van der Waals surface area contributed by atoms with Gasteiger partial charge in [0.1, 0.15) is 0 Å². The number of halogens is 2. The van der Waals surface area contributed by atoms with Crippen molar-refractivity contribution in [2.24, 2.45) is 0 Å². The standard InChI is InChI=1S/C16H17BrClN/c1-3-19-16(12-7-5-8-13(18)10-12)14-9-4-6-11(2)15(14)17/h4-10,16,19H,3H2,1-2H3. The van der Waals surface area contributed by atoms with Crippen molar-refractivity contribution in [1.82, 2.24) is 5.32 Å². The lowest BCUT2D eigenvalue weighted by Gasteiger charge is -2.21. The molecule has 0 saturated heterocycles. The van der Waals surface area contributed by atoms with Crippen molar-refractivity contribution in [1.29, 1.82) is 0 Å². The van der Waals surface area contributed by atoms with Crippen LogP contribution in [0.1, 0.15) is 29.7 Å². The molecule has 3 heteroatoms. The van der Waals surface area contributed by atoms with Crippen molar-refractivity contribution in [2.75, 3.05) is 6.54 Å². The summed E-state index contributed by atoms with van der Waals surface area (Å²) in [6.45, 7) is 5.12. The number of aryl methyl sites for hydroxylation is 1. The van der Waals surface area contributed by atoms with Gasteiger partial charge >= 0.3 is 0 Å². The average molecular weight is 339 g/mol. The first-order valence-electron chi connectivity index (χ1n) is 6.37. The molecular weight excluding hydrogens is 322 g/mol. The predicted octanol–water partition coefficient (Wildman–Crippen LogP) is 5.11. The molecule has 1 N–H and O–H groups in total. The fourth-order valence-electron chi connectivity index (χ4n) is 2.19. The highest BCUT2D eigenvalue weighted by molar-refractivity contribution is 9.10. The van der Waals surface area contributed by atoms with Gasteiger partial charge < -0.3 is 5.32 Å². The Bertz CT molecular complexity index is 568. The van der Waals surface area contributed by atoms with Crippen LogP contribution in [0.4, 0.5) is 0 Å². The normalized spacial score (nSPS) is 12.4. The fraction of sp³-hybridized carbons (Fsp3) is 0.250. The van der Waals surface area contributed by atoms with Gasteiger partial charge in [0.05, 0.1) is 6.04 Å². The van der Waals surface area contributed by atoms with Crippen LogP contribution in [0.5, 0.6) is 0 Å². The zero-order chi connectivity index (χ0) is 13.8. The molecule has 1 atom stereocenters. The van der Waals surface area contributed by atoms with E-state index in [2.05, 4.69) is 59.4 Å². The highest BCUT2D eigenvalue weighted by atomic mass is 79.9. The Kier molecular flexibility index (Phi) is 5.03. The molecule has 0 aliphatic carbocycles. The molecule has 0 bridgehead atoms. The zero-order valence-electron chi connectivity index (χ0n) is 11.1. The van der Waals surface area contributed by atoms with Crippen molar-refractivity contribution in [3.8, 4) is 0 Å². The Labute approximate surface area is 128 Å². The summed E-state index contributed by atoms with van der Waals surface area (Å²) in [6.07, 6.45) is 0. The van der Waals surface area contributed by atoms with Crippen LogP contribution < -0.4 is 5.32 Å². The summed E-state index contributed by atoms with van der Waals surface area (Å²) in [5, 5.41) is 4.29.